The minimum atomic E-state index is -0.216. The summed E-state index contributed by atoms with van der Waals surface area (Å²) in [6.45, 7) is 2.98. The molecule has 0 amide bonds. The molecule has 1 aromatic carbocycles. The van der Waals surface area contributed by atoms with E-state index in [0.717, 1.165) is 24.2 Å². The van der Waals surface area contributed by atoms with Gasteiger partial charge in [-0.05, 0) is 30.7 Å². The van der Waals surface area contributed by atoms with E-state index in [-0.39, 0.29) is 11.9 Å². The van der Waals surface area contributed by atoms with Crippen LogP contribution in [-0.4, -0.2) is 16.1 Å². The van der Waals surface area contributed by atoms with Crippen LogP contribution in [0.1, 0.15) is 30.6 Å². The summed E-state index contributed by atoms with van der Waals surface area (Å²) in [5, 5.41) is 3.40. The van der Waals surface area contributed by atoms with Crippen molar-refractivity contribution in [3.63, 3.8) is 0 Å². The first kappa shape index (κ1) is 12.8. The second-order valence-electron chi connectivity index (χ2n) is 4.41. The van der Waals surface area contributed by atoms with Gasteiger partial charge in [0.2, 0.25) is 0 Å². The highest BCUT2D eigenvalue weighted by Crippen LogP contribution is 2.21. The van der Waals surface area contributed by atoms with E-state index in [0.29, 0.717) is 0 Å². The number of hydrogen-bond donors (Lipinski definition) is 1. The maximum Gasteiger partial charge on any atom is 0.123 e. The minimum Gasteiger partial charge on any atom is -0.340 e. The second kappa shape index (κ2) is 5.78. The Morgan fingerprint density at radius 3 is 2.89 bits per heavy atom. The average Bonchev–Trinajstić information content (AvgIpc) is 2.76. The van der Waals surface area contributed by atoms with E-state index in [1.54, 1.807) is 18.5 Å². The number of aromatic nitrogens is 2. The first-order chi connectivity index (χ1) is 8.70. The largest absolute Gasteiger partial charge is 0.340 e. The van der Waals surface area contributed by atoms with E-state index in [1.807, 2.05) is 23.9 Å². The number of aryl methyl sites for hydroxylation is 1. The molecule has 18 heavy (non-hydrogen) atoms. The van der Waals surface area contributed by atoms with Crippen LogP contribution >= 0.6 is 0 Å². The van der Waals surface area contributed by atoms with Gasteiger partial charge in [0.15, 0.2) is 0 Å². The first-order valence-corrected chi connectivity index (χ1v) is 6.17. The molecule has 0 aliphatic carbocycles. The van der Waals surface area contributed by atoms with Crippen LogP contribution in [0, 0.1) is 5.82 Å². The quantitative estimate of drug-likeness (QED) is 0.880. The molecule has 1 atom stereocenters. The van der Waals surface area contributed by atoms with Crippen molar-refractivity contribution < 1.29 is 4.39 Å². The van der Waals surface area contributed by atoms with E-state index in [1.165, 1.54) is 6.07 Å². The molecule has 0 saturated carbocycles. The molecule has 0 aliphatic heterocycles. The van der Waals surface area contributed by atoms with Gasteiger partial charge in [-0.15, -0.1) is 0 Å². The van der Waals surface area contributed by atoms with Crippen LogP contribution in [0.2, 0.25) is 0 Å². The van der Waals surface area contributed by atoms with Crippen molar-refractivity contribution >= 4 is 0 Å². The van der Waals surface area contributed by atoms with Gasteiger partial charge in [-0.1, -0.05) is 19.1 Å². The maximum atomic E-state index is 13.3. The lowest BCUT2D eigenvalue weighted by Gasteiger charge is -2.17. The first-order valence-electron chi connectivity index (χ1n) is 6.17. The van der Waals surface area contributed by atoms with E-state index in [2.05, 4.69) is 17.2 Å². The molecule has 3 nitrogen and oxygen atoms in total. The summed E-state index contributed by atoms with van der Waals surface area (Å²) in [6.07, 6.45) is 4.74. The van der Waals surface area contributed by atoms with Crippen molar-refractivity contribution in [2.24, 2.45) is 7.05 Å². The number of benzene rings is 1. The summed E-state index contributed by atoms with van der Waals surface area (Å²) >= 11 is 0. The van der Waals surface area contributed by atoms with E-state index in [9.17, 15) is 4.39 Å². The zero-order valence-electron chi connectivity index (χ0n) is 10.7. The van der Waals surface area contributed by atoms with Crippen LogP contribution in [0.15, 0.2) is 36.8 Å². The molecule has 2 aromatic rings. The smallest absolute Gasteiger partial charge is 0.123 e. The third kappa shape index (κ3) is 2.96. The van der Waals surface area contributed by atoms with Gasteiger partial charge in [0.1, 0.15) is 5.82 Å². The Morgan fingerprint density at radius 1 is 1.44 bits per heavy atom. The lowest BCUT2D eigenvalue weighted by Crippen LogP contribution is -2.23. The lowest BCUT2D eigenvalue weighted by atomic mass is 10.0. The van der Waals surface area contributed by atoms with Crippen molar-refractivity contribution in [1.82, 2.24) is 14.9 Å². The van der Waals surface area contributed by atoms with Gasteiger partial charge in [0.25, 0.3) is 0 Å². The fraction of sp³-hybridized carbons (Fsp3) is 0.357. The fourth-order valence-electron chi connectivity index (χ4n) is 1.95. The number of halogens is 1. The van der Waals surface area contributed by atoms with Crippen molar-refractivity contribution in [2.45, 2.75) is 19.4 Å². The Hall–Kier alpha value is -1.68. The van der Waals surface area contributed by atoms with E-state index >= 15 is 0 Å². The van der Waals surface area contributed by atoms with Crippen molar-refractivity contribution in [3.05, 3.63) is 53.9 Å². The van der Waals surface area contributed by atoms with Crippen LogP contribution in [-0.2, 0) is 7.05 Å². The molecule has 1 aromatic heterocycles. The fourth-order valence-corrected chi connectivity index (χ4v) is 1.95. The van der Waals surface area contributed by atoms with Crippen molar-refractivity contribution in [1.29, 1.82) is 0 Å². The van der Waals surface area contributed by atoms with Crippen molar-refractivity contribution in [2.75, 3.05) is 6.54 Å². The normalized spacial score (nSPS) is 12.6. The Balaban J connectivity index is 2.30. The highest BCUT2D eigenvalue weighted by Gasteiger charge is 2.16. The maximum absolute atomic E-state index is 13.3. The number of hydrogen-bond acceptors (Lipinski definition) is 2. The number of imidazole rings is 1. The third-order valence-electron chi connectivity index (χ3n) is 2.80. The monoisotopic (exact) mass is 247 g/mol. The predicted molar refractivity (Wildman–Crippen MR) is 69.7 cm³/mol. The standard InChI is InChI=1S/C14H18FN3/c1-3-7-16-14(13-9-18(2)10-17-13)11-5-4-6-12(15)8-11/h4-6,8-10,14,16H,3,7H2,1-2H3. The zero-order valence-corrected chi connectivity index (χ0v) is 10.7. The summed E-state index contributed by atoms with van der Waals surface area (Å²) in [5.74, 6) is -0.216. The second-order valence-corrected chi connectivity index (χ2v) is 4.41. The molecular weight excluding hydrogens is 229 g/mol. The average molecular weight is 247 g/mol. The molecule has 2 rings (SSSR count). The molecule has 1 heterocycles. The number of rotatable bonds is 5. The van der Waals surface area contributed by atoms with E-state index < -0.39 is 0 Å². The van der Waals surface area contributed by atoms with Gasteiger partial charge >= 0.3 is 0 Å². The molecule has 0 fully saturated rings. The van der Waals surface area contributed by atoms with Crippen molar-refractivity contribution in [3.8, 4) is 0 Å². The predicted octanol–water partition coefficient (Wildman–Crippen LogP) is 2.65. The summed E-state index contributed by atoms with van der Waals surface area (Å²) in [5.41, 5.74) is 1.82. The van der Waals surface area contributed by atoms with Gasteiger partial charge in [-0.25, -0.2) is 9.37 Å². The molecule has 4 heteroatoms. The van der Waals surface area contributed by atoms with Crippen LogP contribution < -0.4 is 5.32 Å². The minimum absolute atomic E-state index is 0.0538. The summed E-state index contributed by atoms with van der Waals surface area (Å²) in [4.78, 5) is 4.35. The Bertz CT molecular complexity index is 507. The molecule has 0 spiro atoms. The topological polar surface area (TPSA) is 29.9 Å². The molecule has 1 unspecified atom stereocenters. The lowest BCUT2D eigenvalue weighted by molar-refractivity contribution is 0.577. The molecule has 0 radical (unpaired) electrons. The zero-order chi connectivity index (χ0) is 13.0. The molecule has 0 saturated heterocycles. The molecule has 0 bridgehead atoms. The molecule has 1 N–H and O–H groups in total. The van der Waals surface area contributed by atoms with Crippen LogP contribution in [0.5, 0.6) is 0 Å². The molecule has 0 aliphatic rings. The van der Waals surface area contributed by atoms with Gasteiger partial charge in [-0.3, -0.25) is 0 Å². The third-order valence-corrected chi connectivity index (χ3v) is 2.80. The summed E-state index contributed by atoms with van der Waals surface area (Å²) in [6, 6.07) is 6.61. The highest BCUT2D eigenvalue weighted by atomic mass is 19.1. The van der Waals surface area contributed by atoms with Crippen LogP contribution in [0.25, 0.3) is 0 Å². The number of nitrogens with one attached hydrogen (secondary N) is 1. The highest BCUT2D eigenvalue weighted by molar-refractivity contribution is 5.27. The van der Waals surface area contributed by atoms with Gasteiger partial charge in [-0.2, -0.15) is 0 Å². The Kier molecular flexibility index (Phi) is 4.10. The van der Waals surface area contributed by atoms with Gasteiger partial charge in [0, 0.05) is 13.2 Å². The summed E-state index contributed by atoms with van der Waals surface area (Å²) in [7, 11) is 1.93. The van der Waals surface area contributed by atoms with E-state index in [4.69, 9.17) is 0 Å². The molecule has 96 valence electrons. The summed E-state index contributed by atoms with van der Waals surface area (Å²) < 4.78 is 15.2. The number of nitrogens with zero attached hydrogens (tertiary/aromatic N) is 2. The van der Waals surface area contributed by atoms with Gasteiger partial charge < -0.3 is 9.88 Å². The molecular formula is C14H18FN3. The van der Waals surface area contributed by atoms with Gasteiger partial charge in [0.05, 0.1) is 18.1 Å². The Morgan fingerprint density at radius 2 is 2.28 bits per heavy atom. The Labute approximate surface area is 107 Å². The van der Waals surface area contributed by atoms with Crippen LogP contribution in [0.4, 0.5) is 4.39 Å². The van der Waals surface area contributed by atoms with Crippen LogP contribution in [0.3, 0.4) is 0 Å². The SMILES string of the molecule is CCCNC(c1cccc(F)c1)c1cn(C)cn1.